The van der Waals surface area contributed by atoms with Crippen molar-refractivity contribution in [2.45, 2.75) is 31.0 Å². The number of oxazole rings is 1. The quantitative estimate of drug-likeness (QED) is 0.539. The molecule has 1 heterocycles. The third kappa shape index (κ3) is 3.77. The lowest BCUT2D eigenvalue weighted by atomic mass is 9.77. The largest absolute Gasteiger partial charge is 0.503 e. The van der Waals surface area contributed by atoms with Crippen LogP contribution in [0.15, 0.2) is 28.7 Å². The van der Waals surface area contributed by atoms with Crippen molar-refractivity contribution in [3.63, 3.8) is 0 Å². The average molecular weight is 456 g/mol. The number of carbonyl (C=O) groups is 1. The lowest BCUT2D eigenvalue weighted by Crippen LogP contribution is -2.56. The van der Waals surface area contributed by atoms with Crippen molar-refractivity contribution in [1.29, 1.82) is 0 Å². The summed E-state index contributed by atoms with van der Waals surface area (Å²) in [7, 11) is 1.53. The number of benzene rings is 2. The minimum Gasteiger partial charge on any atom is -0.503 e. The van der Waals surface area contributed by atoms with E-state index >= 15 is 0 Å². The predicted molar refractivity (Wildman–Crippen MR) is 102 cm³/mol. The molecule has 32 heavy (non-hydrogen) atoms. The van der Waals surface area contributed by atoms with E-state index in [9.17, 15) is 31.9 Å². The van der Waals surface area contributed by atoms with Crippen molar-refractivity contribution in [2.24, 2.45) is 0 Å². The highest BCUT2D eigenvalue weighted by Gasteiger charge is 2.39. The van der Waals surface area contributed by atoms with Crippen LogP contribution in [-0.4, -0.2) is 35.3 Å². The van der Waals surface area contributed by atoms with Crippen molar-refractivity contribution in [3.8, 4) is 17.2 Å². The Hall–Kier alpha value is -3.21. The number of ether oxygens (including phenoxy) is 1. The maximum absolute atomic E-state index is 14.3. The number of amides is 1. The van der Waals surface area contributed by atoms with Gasteiger partial charge in [-0.1, -0.05) is 0 Å². The molecule has 0 spiro atoms. The van der Waals surface area contributed by atoms with Crippen LogP contribution in [0.5, 0.6) is 5.75 Å². The van der Waals surface area contributed by atoms with Gasteiger partial charge < -0.3 is 19.6 Å². The predicted octanol–water partition coefficient (Wildman–Crippen LogP) is 4.80. The van der Waals surface area contributed by atoms with E-state index < -0.39 is 52.0 Å². The topological polar surface area (TPSA) is 84.6 Å². The van der Waals surface area contributed by atoms with Gasteiger partial charge in [-0.05, 0) is 43.5 Å². The number of aromatic nitrogens is 1. The maximum atomic E-state index is 14.3. The number of hydrogen-bond donors (Lipinski definition) is 2. The van der Waals surface area contributed by atoms with E-state index in [1.165, 1.54) is 25.3 Å². The molecule has 6 nitrogen and oxygen atoms in total. The Kier molecular flexibility index (Phi) is 5.32. The van der Waals surface area contributed by atoms with Gasteiger partial charge in [0.1, 0.15) is 5.52 Å². The molecule has 2 aromatic carbocycles. The molecule has 3 aromatic rings. The first-order valence-corrected chi connectivity index (χ1v) is 9.55. The molecule has 1 aliphatic carbocycles. The van der Waals surface area contributed by atoms with Gasteiger partial charge in [-0.2, -0.15) is 13.2 Å². The highest BCUT2D eigenvalue weighted by Crippen LogP contribution is 2.40. The number of methoxy groups -OCH3 is 1. The Morgan fingerprint density at radius 2 is 1.97 bits per heavy atom. The van der Waals surface area contributed by atoms with Gasteiger partial charge in [0, 0.05) is 12.7 Å². The van der Waals surface area contributed by atoms with Crippen LogP contribution in [0, 0.1) is 11.6 Å². The molecule has 1 amide bonds. The summed E-state index contributed by atoms with van der Waals surface area (Å²) in [6.07, 6.45) is -2.71. The van der Waals surface area contributed by atoms with Gasteiger partial charge in [-0.15, -0.1) is 0 Å². The zero-order valence-corrected chi connectivity index (χ0v) is 16.6. The molecular formula is C21H17F5N2O4. The average Bonchev–Trinajstić information content (AvgIpc) is 3.12. The smallest absolute Gasteiger partial charge is 0.419 e. The van der Waals surface area contributed by atoms with Gasteiger partial charge in [-0.25, -0.2) is 13.8 Å². The highest BCUT2D eigenvalue weighted by molar-refractivity contribution is 5.97. The number of rotatable bonds is 5. The summed E-state index contributed by atoms with van der Waals surface area (Å²) in [4.78, 5) is 16.6. The zero-order chi connectivity index (χ0) is 23.3. The van der Waals surface area contributed by atoms with Crippen molar-refractivity contribution < 1.29 is 41.0 Å². The third-order valence-corrected chi connectivity index (χ3v) is 5.47. The Morgan fingerprint density at radius 3 is 2.56 bits per heavy atom. The van der Waals surface area contributed by atoms with Crippen molar-refractivity contribution in [1.82, 2.24) is 10.3 Å². The van der Waals surface area contributed by atoms with Crippen LogP contribution >= 0.6 is 0 Å². The van der Waals surface area contributed by atoms with E-state index in [-0.39, 0.29) is 22.7 Å². The Balaban J connectivity index is 1.70. The molecule has 1 aromatic heterocycles. The first kappa shape index (κ1) is 22.0. The highest BCUT2D eigenvalue weighted by atomic mass is 19.4. The number of carbonyl (C=O) groups excluding carboxylic acids is 1. The summed E-state index contributed by atoms with van der Waals surface area (Å²) in [6.45, 7) is 0.351. The minimum absolute atomic E-state index is 0.0589. The standard InChI is InChI=1S/C21H17F5N2O4/c1-31-9-20(5-2-6-20)28-18(30)10-3-4-14-13(7-10)27-19(32-14)11-8-12(21(24,25)26)16(23)17(29)15(11)22/h3-4,7-8,29H,2,5-6,9H2,1H3,(H,28,30). The molecule has 0 atom stereocenters. The Labute approximate surface area is 178 Å². The van der Waals surface area contributed by atoms with Gasteiger partial charge in [0.15, 0.2) is 23.0 Å². The van der Waals surface area contributed by atoms with Crippen molar-refractivity contribution in [2.75, 3.05) is 13.7 Å². The number of phenols is 1. The van der Waals surface area contributed by atoms with Crippen molar-refractivity contribution >= 4 is 17.0 Å². The summed E-state index contributed by atoms with van der Waals surface area (Å²) in [6, 6.07) is 4.29. The van der Waals surface area contributed by atoms with Crippen LogP contribution in [0.3, 0.4) is 0 Å². The molecule has 0 bridgehead atoms. The van der Waals surface area contributed by atoms with E-state index in [0.29, 0.717) is 6.61 Å². The van der Waals surface area contributed by atoms with Crippen LogP contribution in [0.25, 0.3) is 22.6 Å². The van der Waals surface area contributed by atoms with Crippen LogP contribution < -0.4 is 5.32 Å². The number of hydrogen-bond acceptors (Lipinski definition) is 5. The Morgan fingerprint density at radius 1 is 1.25 bits per heavy atom. The molecule has 1 saturated carbocycles. The monoisotopic (exact) mass is 456 g/mol. The normalized spacial score (nSPS) is 15.6. The van der Waals surface area contributed by atoms with E-state index in [4.69, 9.17) is 9.15 Å². The number of nitrogens with one attached hydrogen (secondary N) is 1. The number of halogens is 5. The number of alkyl halides is 3. The van der Waals surface area contributed by atoms with Crippen LogP contribution in [0.1, 0.15) is 35.2 Å². The molecule has 0 radical (unpaired) electrons. The lowest BCUT2D eigenvalue weighted by Gasteiger charge is -2.41. The summed E-state index contributed by atoms with van der Waals surface area (Å²) < 4.78 is 77.6. The van der Waals surface area contributed by atoms with Crippen LogP contribution in [0.4, 0.5) is 22.0 Å². The molecule has 0 aliphatic heterocycles. The minimum atomic E-state index is -5.18. The van der Waals surface area contributed by atoms with Gasteiger partial charge in [0.05, 0.1) is 23.3 Å². The molecule has 0 saturated heterocycles. The molecular weight excluding hydrogens is 439 g/mol. The van der Waals surface area contributed by atoms with Gasteiger partial charge in [-0.3, -0.25) is 4.79 Å². The summed E-state index contributed by atoms with van der Waals surface area (Å²) in [5, 5.41) is 12.4. The van der Waals surface area contributed by atoms with E-state index in [1.807, 2.05) is 0 Å². The fourth-order valence-electron chi connectivity index (χ4n) is 3.67. The van der Waals surface area contributed by atoms with E-state index in [1.54, 1.807) is 0 Å². The molecule has 1 fully saturated rings. The second-order valence-electron chi connectivity index (χ2n) is 7.67. The zero-order valence-electron chi connectivity index (χ0n) is 16.6. The van der Waals surface area contributed by atoms with Gasteiger partial charge in [0.2, 0.25) is 5.89 Å². The molecule has 1 aliphatic rings. The maximum Gasteiger partial charge on any atom is 0.419 e. The SMILES string of the molecule is COCC1(NC(=O)c2ccc3oc(-c4cc(C(F)(F)F)c(F)c(O)c4F)nc3c2)CCC1. The molecule has 11 heteroatoms. The fourth-order valence-corrected chi connectivity index (χ4v) is 3.67. The van der Waals surface area contributed by atoms with Crippen LogP contribution in [-0.2, 0) is 10.9 Å². The number of phenolic OH excluding ortho intramolecular Hbond substituents is 1. The molecule has 0 unspecified atom stereocenters. The lowest BCUT2D eigenvalue weighted by molar-refractivity contribution is -0.140. The second-order valence-corrected chi connectivity index (χ2v) is 7.67. The van der Waals surface area contributed by atoms with E-state index in [2.05, 4.69) is 10.3 Å². The number of aromatic hydroxyl groups is 1. The molecule has 170 valence electrons. The van der Waals surface area contributed by atoms with Crippen LogP contribution in [0.2, 0.25) is 0 Å². The molecule has 2 N–H and O–H groups in total. The fraction of sp³-hybridized carbons (Fsp3) is 0.333. The first-order valence-electron chi connectivity index (χ1n) is 9.55. The van der Waals surface area contributed by atoms with Gasteiger partial charge >= 0.3 is 6.18 Å². The number of nitrogens with zero attached hydrogens (tertiary/aromatic N) is 1. The summed E-state index contributed by atoms with van der Waals surface area (Å²) >= 11 is 0. The second kappa shape index (κ2) is 7.73. The third-order valence-electron chi connectivity index (χ3n) is 5.47. The Bertz CT molecular complexity index is 1200. The van der Waals surface area contributed by atoms with Gasteiger partial charge in [0.25, 0.3) is 5.91 Å². The summed E-state index contributed by atoms with van der Waals surface area (Å²) in [5.41, 5.74) is -2.86. The van der Waals surface area contributed by atoms with E-state index in [0.717, 1.165) is 19.3 Å². The molecule has 4 rings (SSSR count). The van der Waals surface area contributed by atoms with Crippen molar-refractivity contribution in [3.05, 3.63) is 47.0 Å². The first-order chi connectivity index (χ1) is 15.0. The number of fused-ring (bicyclic) bond motifs is 1. The summed E-state index contributed by atoms with van der Waals surface area (Å²) in [5.74, 6) is -6.58.